The molecule has 0 aliphatic heterocycles. The summed E-state index contributed by atoms with van der Waals surface area (Å²) in [6.45, 7) is 1.41. The van der Waals surface area contributed by atoms with Gasteiger partial charge in [0, 0.05) is 23.5 Å². The molecule has 0 unspecified atom stereocenters. The molecule has 0 spiro atoms. The Morgan fingerprint density at radius 2 is 2.06 bits per heavy atom. The molecule has 1 aromatic heterocycles. The zero-order chi connectivity index (χ0) is 12.3. The maximum atomic E-state index is 11.9. The molecular weight excluding hydrogens is 216 g/mol. The lowest BCUT2D eigenvalue weighted by Gasteiger charge is -2.05. The normalized spacial score (nSPS) is 10.2. The topological polar surface area (TPSA) is 62.8 Å². The average Bonchev–Trinajstić information content (AvgIpc) is 2.81. The lowest BCUT2D eigenvalue weighted by Crippen LogP contribution is -2.06. The van der Waals surface area contributed by atoms with Crippen molar-refractivity contribution in [3.05, 3.63) is 42.2 Å². The van der Waals surface area contributed by atoms with Crippen LogP contribution in [0.15, 0.2) is 36.7 Å². The van der Waals surface area contributed by atoms with Crippen molar-refractivity contribution in [3.8, 4) is 11.4 Å². The number of hydrogen-bond donors (Lipinski definition) is 1. The van der Waals surface area contributed by atoms with Crippen molar-refractivity contribution in [1.29, 1.82) is 0 Å². The molecule has 4 nitrogen and oxygen atoms in total. The number of hydrogen-bond acceptors (Lipinski definition) is 3. The number of nitrogens with one attached hydrogen (secondary N) is 1. The van der Waals surface area contributed by atoms with Crippen LogP contribution in [0.5, 0.6) is 0 Å². The first-order valence-electron chi connectivity index (χ1n) is 5.30. The van der Waals surface area contributed by atoms with Crippen molar-refractivity contribution in [2.24, 2.45) is 0 Å². The van der Waals surface area contributed by atoms with E-state index in [2.05, 4.69) is 9.97 Å². The Labute approximate surface area is 98.7 Å². The van der Waals surface area contributed by atoms with Gasteiger partial charge in [-0.15, -0.1) is 0 Å². The number of nitrogens with zero attached hydrogens (tertiary/aromatic N) is 1. The number of aromatic amines is 1. The predicted octanol–water partition coefficient (Wildman–Crippen LogP) is 2.24. The zero-order valence-corrected chi connectivity index (χ0v) is 9.43. The van der Waals surface area contributed by atoms with E-state index in [0.717, 1.165) is 5.56 Å². The van der Waals surface area contributed by atoms with Crippen LogP contribution >= 0.6 is 0 Å². The first kappa shape index (κ1) is 11.3. The number of Topliss-reactive ketones (excluding diaryl/α,β-unsaturated/α-hetero) is 2. The van der Waals surface area contributed by atoms with Crippen molar-refractivity contribution in [2.45, 2.75) is 13.3 Å². The average molecular weight is 228 g/mol. The van der Waals surface area contributed by atoms with Gasteiger partial charge in [-0.05, 0) is 6.92 Å². The van der Waals surface area contributed by atoms with Gasteiger partial charge in [-0.1, -0.05) is 24.3 Å². The summed E-state index contributed by atoms with van der Waals surface area (Å²) in [7, 11) is 0. The molecule has 0 atom stereocenters. The summed E-state index contributed by atoms with van der Waals surface area (Å²) in [6, 6.07) is 7.14. The maximum Gasteiger partial charge on any atom is 0.170 e. The molecule has 17 heavy (non-hydrogen) atoms. The summed E-state index contributed by atoms with van der Waals surface area (Å²) in [5.74, 6) is 0.325. The molecule has 0 amide bonds. The summed E-state index contributed by atoms with van der Waals surface area (Å²) in [5, 5.41) is 0. The highest BCUT2D eigenvalue weighted by molar-refractivity contribution is 6.10. The molecule has 1 heterocycles. The van der Waals surface area contributed by atoms with Crippen LogP contribution in [-0.4, -0.2) is 21.5 Å². The number of carbonyl (C=O) groups excluding carboxylic acids is 2. The molecule has 0 bridgehead atoms. The standard InChI is InChI=1S/C13H12N2O2/c1-9(16)8-12(17)10-4-2-3-5-11(10)13-14-6-7-15-13/h2-7H,8H2,1H3,(H,14,15). The Kier molecular flexibility index (Phi) is 3.14. The van der Waals surface area contributed by atoms with E-state index in [4.69, 9.17) is 0 Å². The van der Waals surface area contributed by atoms with Gasteiger partial charge in [-0.25, -0.2) is 4.98 Å². The monoisotopic (exact) mass is 228 g/mol. The second kappa shape index (κ2) is 4.74. The Bertz CT molecular complexity index is 544. The minimum absolute atomic E-state index is 0.0717. The molecular formula is C13H12N2O2. The van der Waals surface area contributed by atoms with Crippen molar-refractivity contribution in [2.75, 3.05) is 0 Å². The highest BCUT2D eigenvalue weighted by Crippen LogP contribution is 2.21. The molecule has 0 saturated heterocycles. The van der Waals surface area contributed by atoms with Gasteiger partial charge < -0.3 is 4.98 Å². The Morgan fingerprint density at radius 3 is 2.71 bits per heavy atom. The van der Waals surface area contributed by atoms with Gasteiger partial charge in [0.2, 0.25) is 0 Å². The van der Waals surface area contributed by atoms with Crippen molar-refractivity contribution in [1.82, 2.24) is 9.97 Å². The van der Waals surface area contributed by atoms with Gasteiger partial charge in [0.1, 0.15) is 11.6 Å². The van der Waals surface area contributed by atoms with E-state index in [9.17, 15) is 9.59 Å². The highest BCUT2D eigenvalue weighted by atomic mass is 16.1. The lowest BCUT2D eigenvalue weighted by molar-refractivity contribution is -0.116. The van der Waals surface area contributed by atoms with Crippen LogP contribution in [-0.2, 0) is 4.79 Å². The van der Waals surface area contributed by atoms with Gasteiger partial charge in [0.15, 0.2) is 5.78 Å². The van der Waals surface area contributed by atoms with Gasteiger partial charge >= 0.3 is 0 Å². The van der Waals surface area contributed by atoms with E-state index >= 15 is 0 Å². The fourth-order valence-electron chi connectivity index (χ4n) is 1.67. The second-order valence-electron chi connectivity index (χ2n) is 3.79. The van der Waals surface area contributed by atoms with Crippen LogP contribution in [0.25, 0.3) is 11.4 Å². The number of H-pyrrole nitrogens is 1. The molecule has 1 N–H and O–H groups in total. The number of ketones is 2. The number of imidazole rings is 1. The molecule has 0 radical (unpaired) electrons. The SMILES string of the molecule is CC(=O)CC(=O)c1ccccc1-c1ncc[nH]1. The molecule has 1 aromatic carbocycles. The molecule has 0 fully saturated rings. The quantitative estimate of drug-likeness (QED) is 0.644. The van der Waals surface area contributed by atoms with Crippen LogP contribution in [0.3, 0.4) is 0 Å². The molecule has 86 valence electrons. The van der Waals surface area contributed by atoms with Crippen molar-refractivity contribution < 1.29 is 9.59 Å². The van der Waals surface area contributed by atoms with Crippen molar-refractivity contribution >= 4 is 11.6 Å². The summed E-state index contributed by atoms with van der Waals surface area (Å²) >= 11 is 0. The summed E-state index contributed by atoms with van der Waals surface area (Å²) < 4.78 is 0. The van der Waals surface area contributed by atoms with Crippen LogP contribution in [0.1, 0.15) is 23.7 Å². The van der Waals surface area contributed by atoms with Gasteiger partial charge in [0.25, 0.3) is 0 Å². The largest absolute Gasteiger partial charge is 0.345 e. The summed E-state index contributed by atoms with van der Waals surface area (Å²) in [6.07, 6.45) is 3.25. The van der Waals surface area contributed by atoms with E-state index in [1.807, 2.05) is 12.1 Å². The molecule has 0 saturated carbocycles. The van der Waals surface area contributed by atoms with E-state index in [0.29, 0.717) is 11.4 Å². The van der Waals surface area contributed by atoms with E-state index in [1.165, 1.54) is 6.92 Å². The predicted molar refractivity (Wildman–Crippen MR) is 63.7 cm³/mol. The summed E-state index contributed by atoms with van der Waals surface area (Å²) in [5.41, 5.74) is 1.25. The molecule has 0 aliphatic carbocycles. The van der Waals surface area contributed by atoms with E-state index in [1.54, 1.807) is 24.5 Å². The van der Waals surface area contributed by atoms with Crippen LogP contribution in [0.4, 0.5) is 0 Å². The minimum Gasteiger partial charge on any atom is -0.345 e. The van der Waals surface area contributed by atoms with Gasteiger partial charge in [-0.3, -0.25) is 9.59 Å². The van der Waals surface area contributed by atoms with Gasteiger partial charge in [-0.2, -0.15) is 0 Å². The van der Waals surface area contributed by atoms with Crippen LogP contribution in [0.2, 0.25) is 0 Å². The minimum atomic E-state index is -0.176. The van der Waals surface area contributed by atoms with Crippen LogP contribution in [0, 0.1) is 0 Å². The Morgan fingerprint density at radius 1 is 1.29 bits per heavy atom. The van der Waals surface area contributed by atoms with Gasteiger partial charge in [0.05, 0.1) is 6.42 Å². The van der Waals surface area contributed by atoms with E-state index in [-0.39, 0.29) is 18.0 Å². The molecule has 0 aliphatic rings. The molecule has 2 rings (SSSR count). The number of benzene rings is 1. The Balaban J connectivity index is 2.41. The zero-order valence-electron chi connectivity index (χ0n) is 9.43. The number of rotatable bonds is 4. The molecule has 2 aromatic rings. The second-order valence-corrected chi connectivity index (χ2v) is 3.79. The maximum absolute atomic E-state index is 11.9. The van der Waals surface area contributed by atoms with Crippen molar-refractivity contribution in [3.63, 3.8) is 0 Å². The lowest BCUT2D eigenvalue weighted by atomic mass is 10.00. The van der Waals surface area contributed by atoms with E-state index < -0.39 is 0 Å². The third kappa shape index (κ3) is 2.47. The third-order valence-corrected chi connectivity index (χ3v) is 2.39. The Hall–Kier alpha value is -2.23. The first-order valence-corrected chi connectivity index (χ1v) is 5.30. The molecule has 4 heteroatoms. The highest BCUT2D eigenvalue weighted by Gasteiger charge is 2.14. The number of carbonyl (C=O) groups is 2. The summed E-state index contributed by atoms with van der Waals surface area (Å²) in [4.78, 5) is 30.0. The first-order chi connectivity index (χ1) is 8.18. The smallest absolute Gasteiger partial charge is 0.170 e. The number of aromatic nitrogens is 2. The fourth-order valence-corrected chi connectivity index (χ4v) is 1.67. The fraction of sp³-hybridized carbons (Fsp3) is 0.154. The van der Waals surface area contributed by atoms with Crippen LogP contribution < -0.4 is 0 Å². The third-order valence-electron chi connectivity index (χ3n) is 2.39.